The molecule has 1 aromatic carbocycles. The third-order valence-corrected chi connectivity index (χ3v) is 3.00. The number of hydrogen-bond donors (Lipinski definition) is 2. The first-order chi connectivity index (χ1) is 7.91. The third-order valence-electron chi connectivity index (χ3n) is 2.72. The summed E-state index contributed by atoms with van der Waals surface area (Å²) in [6, 6.07) is 3.68. The highest BCUT2D eigenvalue weighted by Gasteiger charge is 2.32. The van der Waals surface area contributed by atoms with Gasteiger partial charge in [0.25, 0.3) is 0 Å². The van der Waals surface area contributed by atoms with E-state index in [1.807, 2.05) is 6.92 Å². The van der Waals surface area contributed by atoms with Crippen molar-refractivity contribution in [1.82, 2.24) is 5.32 Å². The normalized spacial score (nSPS) is 23.8. The van der Waals surface area contributed by atoms with Gasteiger partial charge in [0.1, 0.15) is 6.17 Å². The van der Waals surface area contributed by atoms with E-state index in [4.69, 9.17) is 12.2 Å². The van der Waals surface area contributed by atoms with Crippen molar-refractivity contribution in [3.8, 4) is 0 Å². The Hall–Kier alpha value is -1.14. The van der Waals surface area contributed by atoms with E-state index < -0.39 is 11.7 Å². The SMILES string of the molecule is CC1NC(C=S)Nc2cc(C(F)(F)F)ccc21. The molecule has 0 aromatic heterocycles. The molecule has 0 fully saturated rings. The van der Waals surface area contributed by atoms with Crippen molar-refractivity contribution in [2.75, 3.05) is 5.32 Å². The van der Waals surface area contributed by atoms with Gasteiger partial charge in [-0.1, -0.05) is 18.3 Å². The predicted molar refractivity (Wildman–Crippen MR) is 64.1 cm³/mol. The molecule has 0 amide bonds. The highest BCUT2D eigenvalue weighted by molar-refractivity contribution is 7.79. The molecule has 0 saturated carbocycles. The van der Waals surface area contributed by atoms with Crippen LogP contribution in [0.25, 0.3) is 0 Å². The van der Waals surface area contributed by atoms with Gasteiger partial charge in [0.15, 0.2) is 0 Å². The molecule has 1 aliphatic heterocycles. The minimum Gasteiger partial charge on any atom is -0.366 e. The molecule has 0 saturated heterocycles. The zero-order valence-corrected chi connectivity index (χ0v) is 9.82. The van der Waals surface area contributed by atoms with E-state index in [1.54, 1.807) is 0 Å². The minimum atomic E-state index is -4.32. The molecule has 92 valence electrons. The maximum absolute atomic E-state index is 12.6. The van der Waals surface area contributed by atoms with Crippen LogP contribution >= 0.6 is 12.2 Å². The van der Waals surface area contributed by atoms with Crippen LogP contribution in [-0.4, -0.2) is 11.5 Å². The van der Waals surface area contributed by atoms with Crippen LogP contribution in [0.15, 0.2) is 18.2 Å². The number of hydrogen-bond acceptors (Lipinski definition) is 3. The Labute approximate surface area is 102 Å². The Bertz CT molecular complexity index is 445. The lowest BCUT2D eigenvalue weighted by molar-refractivity contribution is -0.137. The fourth-order valence-electron chi connectivity index (χ4n) is 1.88. The van der Waals surface area contributed by atoms with Crippen molar-refractivity contribution in [3.63, 3.8) is 0 Å². The van der Waals surface area contributed by atoms with Crippen LogP contribution in [0.3, 0.4) is 0 Å². The first kappa shape index (κ1) is 12.3. The fourth-order valence-corrected chi connectivity index (χ4v) is 2.02. The minimum absolute atomic E-state index is 0.0299. The highest BCUT2D eigenvalue weighted by Crippen LogP contribution is 2.35. The zero-order valence-electron chi connectivity index (χ0n) is 9.01. The van der Waals surface area contributed by atoms with Crippen LogP contribution in [0.5, 0.6) is 0 Å². The summed E-state index contributed by atoms with van der Waals surface area (Å²) in [6.07, 6.45) is -4.60. The summed E-state index contributed by atoms with van der Waals surface area (Å²) in [4.78, 5) is 0. The van der Waals surface area contributed by atoms with Crippen LogP contribution in [-0.2, 0) is 6.18 Å². The summed E-state index contributed by atoms with van der Waals surface area (Å²) in [5.41, 5.74) is 0.643. The molecular formula is C11H11F3N2S. The van der Waals surface area contributed by atoms with Gasteiger partial charge in [0.05, 0.1) is 5.56 Å². The van der Waals surface area contributed by atoms with E-state index in [1.165, 1.54) is 11.4 Å². The molecule has 2 atom stereocenters. The Morgan fingerprint density at radius 1 is 1.35 bits per heavy atom. The quantitative estimate of drug-likeness (QED) is 0.759. The second-order valence-electron chi connectivity index (χ2n) is 3.95. The molecule has 2 unspecified atom stereocenters. The Kier molecular flexibility index (Phi) is 3.09. The summed E-state index contributed by atoms with van der Waals surface area (Å²) in [7, 11) is 0. The Morgan fingerprint density at radius 3 is 2.65 bits per heavy atom. The number of anilines is 1. The van der Waals surface area contributed by atoms with E-state index in [2.05, 4.69) is 10.6 Å². The van der Waals surface area contributed by atoms with Crippen LogP contribution in [0.2, 0.25) is 0 Å². The van der Waals surface area contributed by atoms with Crippen molar-refractivity contribution in [1.29, 1.82) is 0 Å². The molecule has 0 radical (unpaired) electrons. The lowest BCUT2D eigenvalue weighted by Crippen LogP contribution is -2.43. The largest absolute Gasteiger partial charge is 0.416 e. The van der Waals surface area contributed by atoms with Gasteiger partial charge >= 0.3 is 6.18 Å². The molecule has 17 heavy (non-hydrogen) atoms. The molecule has 0 aliphatic carbocycles. The number of alkyl halides is 3. The number of nitrogens with one attached hydrogen (secondary N) is 2. The summed E-state index contributed by atoms with van der Waals surface area (Å²) in [6.45, 7) is 1.89. The average Bonchev–Trinajstić information content (AvgIpc) is 2.27. The zero-order chi connectivity index (χ0) is 12.6. The molecule has 1 aliphatic rings. The van der Waals surface area contributed by atoms with Crippen molar-refractivity contribution in [3.05, 3.63) is 29.3 Å². The highest BCUT2D eigenvalue weighted by atomic mass is 32.1. The number of halogens is 3. The lowest BCUT2D eigenvalue weighted by Gasteiger charge is -2.31. The number of benzene rings is 1. The van der Waals surface area contributed by atoms with Crippen LogP contribution in [0.4, 0.5) is 18.9 Å². The molecule has 6 heteroatoms. The molecule has 2 nitrogen and oxygen atoms in total. The van der Waals surface area contributed by atoms with Gasteiger partial charge in [-0.2, -0.15) is 13.2 Å². The van der Waals surface area contributed by atoms with E-state index in [9.17, 15) is 13.2 Å². The molecule has 2 N–H and O–H groups in total. The van der Waals surface area contributed by atoms with E-state index in [-0.39, 0.29) is 12.2 Å². The maximum atomic E-state index is 12.6. The molecular weight excluding hydrogens is 249 g/mol. The Morgan fingerprint density at radius 2 is 2.06 bits per heavy atom. The lowest BCUT2D eigenvalue weighted by atomic mass is 10.0. The first-order valence-corrected chi connectivity index (χ1v) is 5.58. The number of thiocarbonyl (C=S) groups is 1. The smallest absolute Gasteiger partial charge is 0.366 e. The molecule has 1 heterocycles. The van der Waals surface area contributed by atoms with E-state index in [0.29, 0.717) is 5.69 Å². The van der Waals surface area contributed by atoms with Gasteiger partial charge < -0.3 is 5.32 Å². The van der Waals surface area contributed by atoms with Gasteiger partial charge in [-0.3, -0.25) is 5.32 Å². The van der Waals surface area contributed by atoms with Crippen LogP contribution < -0.4 is 10.6 Å². The van der Waals surface area contributed by atoms with Gasteiger partial charge in [-0.05, 0) is 24.6 Å². The predicted octanol–water partition coefficient (Wildman–Crippen LogP) is 3.11. The van der Waals surface area contributed by atoms with Crippen molar-refractivity contribution in [2.24, 2.45) is 0 Å². The number of fused-ring (bicyclic) bond motifs is 1. The van der Waals surface area contributed by atoms with Crippen LogP contribution in [0.1, 0.15) is 24.1 Å². The summed E-state index contributed by atoms with van der Waals surface area (Å²) in [5, 5.41) is 7.51. The Balaban J connectivity index is 2.41. The van der Waals surface area contributed by atoms with Gasteiger partial charge in [0, 0.05) is 17.1 Å². The van der Waals surface area contributed by atoms with Gasteiger partial charge in [-0.25, -0.2) is 0 Å². The summed E-state index contributed by atoms with van der Waals surface area (Å²) in [5.74, 6) is 0. The summed E-state index contributed by atoms with van der Waals surface area (Å²) < 4.78 is 37.7. The van der Waals surface area contributed by atoms with Crippen molar-refractivity contribution < 1.29 is 13.2 Å². The average molecular weight is 260 g/mol. The maximum Gasteiger partial charge on any atom is 0.416 e. The monoisotopic (exact) mass is 260 g/mol. The van der Waals surface area contributed by atoms with E-state index >= 15 is 0 Å². The van der Waals surface area contributed by atoms with Gasteiger partial charge in [-0.15, -0.1) is 0 Å². The fraction of sp³-hybridized carbons (Fsp3) is 0.364. The van der Waals surface area contributed by atoms with Crippen molar-refractivity contribution in [2.45, 2.75) is 25.3 Å². The topological polar surface area (TPSA) is 24.1 Å². The second-order valence-corrected chi connectivity index (χ2v) is 4.22. The standard InChI is InChI=1S/C11H11F3N2S/c1-6-8-3-2-7(11(12,13)14)4-9(8)16-10(5-17)15-6/h2-6,10,15-16H,1H3. The molecule has 2 rings (SSSR count). The van der Waals surface area contributed by atoms with Crippen molar-refractivity contribution >= 4 is 23.3 Å². The van der Waals surface area contributed by atoms with E-state index in [0.717, 1.165) is 17.7 Å². The third kappa shape index (κ3) is 2.42. The van der Waals surface area contributed by atoms with Gasteiger partial charge in [0.2, 0.25) is 0 Å². The number of rotatable bonds is 1. The molecule has 0 bridgehead atoms. The van der Waals surface area contributed by atoms with Crippen LogP contribution in [0, 0.1) is 0 Å². The molecule has 0 spiro atoms. The summed E-state index contributed by atoms with van der Waals surface area (Å²) >= 11 is 4.79. The first-order valence-electron chi connectivity index (χ1n) is 5.11. The second kappa shape index (κ2) is 4.27. The molecule has 1 aromatic rings.